The predicted octanol–water partition coefficient (Wildman–Crippen LogP) is 5.55. The molecule has 0 saturated carbocycles. The van der Waals surface area contributed by atoms with Crippen molar-refractivity contribution in [2.24, 2.45) is 0 Å². The Kier molecular flexibility index (Phi) is 6.29. The number of rotatable bonds is 6. The fourth-order valence-electron chi connectivity index (χ4n) is 4.89. The van der Waals surface area contributed by atoms with Crippen LogP contribution in [0.15, 0.2) is 59.7 Å². The third kappa shape index (κ3) is 4.57. The maximum Gasteiger partial charge on any atom is 0.434 e. The summed E-state index contributed by atoms with van der Waals surface area (Å²) in [5, 5.41) is 0. The third-order valence-corrected chi connectivity index (χ3v) is 6.97. The molecule has 6 rings (SSSR count). The van der Waals surface area contributed by atoms with E-state index in [2.05, 4.69) is 19.9 Å². The van der Waals surface area contributed by atoms with E-state index in [0.717, 1.165) is 11.8 Å². The number of fused-ring (bicyclic) bond motifs is 1. The van der Waals surface area contributed by atoms with Crippen molar-refractivity contribution >= 4 is 11.2 Å². The number of hydrogen-bond donors (Lipinski definition) is 1. The van der Waals surface area contributed by atoms with Gasteiger partial charge in [0.05, 0.1) is 32.0 Å². The first-order valence-corrected chi connectivity index (χ1v) is 12.7. The quantitative estimate of drug-likeness (QED) is 0.279. The smallest absolute Gasteiger partial charge is 0.377 e. The second-order valence-corrected chi connectivity index (χ2v) is 10.0. The number of hydrogen-bond acceptors (Lipinski definition) is 5. The minimum atomic E-state index is -4.57. The molecule has 5 aromatic rings. The van der Waals surface area contributed by atoms with Gasteiger partial charge in [0.2, 0.25) is 0 Å². The summed E-state index contributed by atoms with van der Waals surface area (Å²) >= 11 is 0. The summed E-state index contributed by atoms with van der Waals surface area (Å²) in [5.74, 6) is 0.0357. The van der Waals surface area contributed by atoms with Crippen LogP contribution in [0.1, 0.15) is 42.6 Å². The summed E-state index contributed by atoms with van der Waals surface area (Å²) in [4.78, 5) is 28.4. The largest absolute Gasteiger partial charge is 0.434 e. The van der Waals surface area contributed by atoms with E-state index in [1.54, 1.807) is 36.4 Å². The lowest BCUT2D eigenvalue weighted by Crippen LogP contribution is -2.30. The van der Waals surface area contributed by atoms with Gasteiger partial charge >= 0.3 is 11.9 Å². The monoisotopic (exact) mass is 552 g/mol. The van der Waals surface area contributed by atoms with E-state index in [1.807, 2.05) is 13.8 Å². The number of H-pyrrole nitrogens is 1. The van der Waals surface area contributed by atoms with Crippen molar-refractivity contribution in [3.8, 4) is 22.8 Å². The maximum absolute atomic E-state index is 14.6. The molecular formula is C28H24F4N6O2. The van der Waals surface area contributed by atoms with Crippen molar-refractivity contribution in [2.45, 2.75) is 38.5 Å². The van der Waals surface area contributed by atoms with Crippen LogP contribution in [0.5, 0.6) is 0 Å². The van der Waals surface area contributed by atoms with Crippen molar-refractivity contribution in [2.75, 3.05) is 13.2 Å². The fraction of sp³-hybridized carbons (Fsp3) is 0.286. The molecule has 2 aromatic carbocycles. The second kappa shape index (κ2) is 9.70. The molecule has 40 heavy (non-hydrogen) atoms. The Balaban J connectivity index is 1.34. The van der Waals surface area contributed by atoms with Gasteiger partial charge in [0.1, 0.15) is 17.2 Å². The molecule has 1 fully saturated rings. The highest BCUT2D eigenvalue weighted by Crippen LogP contribution is 2.34. The molecule has 0 bridgehead atoms. The maximum atomic E-state index is 14.6. The van der Waals surface area contributed by atoms with Crippen molar-refractivity contribution in [3.05, 3.63) is 88.0 Å². The van der Waals surface area contributed by atoms with E-state index < -0.39 is 17.6 Å². The number of alkyl halides is 3. The van der Waals surface area contributed by atoms with Gasteiger partial charge in [0, 0.05) is 22.9 Å². The van der Waals surface area contributed by atoms with Gasteiger partial charge in [0.25, 0.3) is 0 Å². The van der Waals surface area contributed by atoms with Crippen LogP contribution in [0.2, 0.25) is 0 Å². The molecule has 3 aromatic heterocycles. The Hall–Kier alpha value is -4.32. The average molecular weight is 553 g/mol. The number of nitrogens with one attached hydrogen (secondary N) is 1. The Morgan fingerprint density at radius 1 is 1.10 bits per heavy atom. The van der Waals surface area contributed by atoms with Crippen LogP contribution in [-0.4, -0.2) is 42.3 Å². The van der Waals surface area contributed by atoms with E-state index in [-0.39, 0.29) is 30.1 Å². The van der Waals surface area contributed by atoms with E-state index in [1.165, 1.54) is 21.4 Å². The SMILES string of the molecule is CC(C)c1c(F)cccc1-c1ncc2[nH]c(=O)n(Cc3ccc(-c4nc(C(F)(F)F)cn4C4COC4)cc3)c2n1. The molecule has 0 unspecified atom stereocenters. The van der Waals surface area contributed by atoms with Crippen molar-refractivity contribution in [1.29, 1.82) is 0 Å². The summed E-state index contributed by atoms with van der Waals surface area (Å²) in [6.45, 7) is 4.55. The summed E-state index contributed by atoms with van der Waals surface area (Å²) in [6, 6.07) is 11.3. The molecule has 0 aliphatic carbocycles. The standard InChI is InChI=1S/C28H24F4N6O2/c1-15(2)23-19(4-3-5-20(23)29)24-33-10-21-26(36-24)38(27(39)34-21)11-16-6-8-17(9-7-16)25-35-22(28(30,31)32)12-37(25)18-13-40-14-18/h3-10,12,15,18H,11,13-14H2,1-2H3,(H,34,39). The zero-order valence-corrected chi connectivity index (χ0v) is 21.5. The molecule has 8 nitrogen and oxygen atoms in total. The molecule has 0 amide bonds. The number of halogens is 4. The summed E-state index contributed by atoms with van der Waals surface area (Å²) in [5.41, 5.74) is 1.69. The van der Waals surface area contributed by atoms with Gasteiger partial charge in [-0.2, -0.15) is 13.2 Å². The molecule has 1 saturated heterocycles. The number of imidazole rings is 2. The molecule has 1 aliphatic heterocycles. The van der Waals surface area contributed by atoms with Crippen LogP contribution in [0.3, 0.4) is 0 Å². The highest BCUT2D eigenvalue weighted by Gasteiger charge is 2.36. The van der Waals surface area contributed by atoms with E-state index in [4.69, 9.17) is 4.74 Å². The van der Waals surface area contributed by atoms with Crippen LogP contribution in [0.4, 0.5) is 17.6 Å². The Labute approximate surface area is 225 Å². The van der Waals surface area contributed by atoms with Crippen LogP contribution >= 0.6 is 0 Å². The Morgan fingerprint density at radius 2 is 1.85 bits per heavy atom. The first kappa shape index (κ1) is 25.9. The van der Waals surface area contributed by atoms with Gasteiger partial charge in [-0.3, -0.25) is 4.57 Å². The zero-order chi connectivity index (χ0) is 28.2. The van der Waals surface area contributed by atoms with Crippen LogP contribution in [0, 0.1) is 5.82 Å². The highest BCUT2D eigenvalue weighted by molar-refractivity contribution is 5.74. The van der Waals surface area contributed by atoms with Crippen molar-refractivity contribution in [3.63, 3.8) is 0 Å². The topological polar surface area (TPSA) is 90.6 Å². The van der Waals surface area contributed by atoms with Crippen LogP contribution < -0.4 is 5.69 Å². The molecule has 1 aliphatic rings. The van der Waals surface area contributed by atoms with E-state index >= 15 is 0 Å². The molecular weight excluding hydrogens is 528 g/mol. The second-order valence-electron chi connectivity index (χ2n) is 10.0. The summed E-state index contributed by atoms with van der Waals surface area (Å²) in [6.07, 6.45) is -2.05. The number of benzene rings is 2. The van der Waals surface area contributed by atoms with Gasteiger partial charge in [-0.15, -0.1) is 0 Å². The molecule has 12 heteroatoms. The van der Waals surface area contributed by atoms with Gasteiger partial charge in [-0.1, -0.05) is 50.2 Å². The Bertz CT molecular complexity index is 1760. The fourth-order valence-corrected chi connectivity index (χ4v) is 4.89. The lowest BCUT2D eigenvalue weighted by Gasteiger charge is -2.28. The van der Waals surface area contributed by atoms with Crippen LogP contribution in [-0.2, 0) is 17.5 Å². The van der Waals surface area contributed by atoms with Gasteiger partial charge < -0.3 is 14.3 Å². The summed E-state index contributed by atoms with van der Waals surface area (Å²) in [7, 11) is 0. The number of aromatic nitrogens is 6. The molecule has 0 spiro atoms. The van der Waals surface area contributed by atoms with Crippen molar-refractivity contribution < 1.29 is 22.3 Å². The first-order chi connectivity index (χ1) is 19.1. The van der Waals surface area contributed by atoms with Gasteiger partial charge in [-0.05, 0) is 17.5 Å². The van der Waals surface area contributed by atoms with Crippen molar-refractivity contribution in [1.82, 2.24) is 29.1 Å². The van der Waals surface area contributed by atoms with Gasteiger partial charge in [-0.25, -0.2) is 24.1 Å². The zero-order valence-electron chi connectivity index (χ0n) is 21.5. The lowest BCUT2D eigenvalue weighted by molar-refractivity contribution is -0.141. The average Bonchev–Trinajstić information content (AvgIpc) is 3.44. The molecule has 1 N–H and O–H groups in total. The minimum absolute atomic E-state index is 0.109. The number of aromatic amines is 1. The number of ether oxygens (including phenoxy) is 1. The molecule has 0 atom stereocenters. The molecule has 4 heterocycles. The number of nitrogens with zero attached hydrogens (tertiary/aromatic N) is 5. The third-order valence-electron chi connectivity index (χ3n) is 6.97. The molecule has 0 radical (unpaired) electrons. The van der Waals surface area contributed by atoms with Gasteiger partial charge in [0.15, 0.2) is 17.2 Å². The normalized spacial score (nSPS) is 14.3. The predicted molar refractivity (Wildman–Crippen MR) is 139 cm³/mol. The Morgan fingerprint density at radius 3 is 2.50 bits per heavy atom. The van der Waals surface area contributed by atoms with E-state index in [9.17, 15) is 22.4 Å². The van der Waals surface area contributed by atoms with Crippen LogP contribution in [0.25, 0.3) is 33.9 Å². The molecule has 206 valence electrons. The van der Waals surface area contributed by atoms with E-state index in [0.29, 0.717) is 46.9 Å². The first-order valence-electron chi connectivity index (χ1n) is 12.7. The minimum Gasteiger partial charge on any atom is -0.377 e. The summed E-state index contributed by atoms with van der Waals surface area (Å²) < 4.78 is 62.8. The highest BCUT2D eigenvalue weighted by atomic mass is 19.4. The lowest BCUT2D eigenvalue weighted by atomic mass is 9.96.